The minimum absolute atomic E-state index is 0.740. The van der Waals surface area contributed by atoms with Crippen molar-refractivity contribution < 1.29 is 0 Å². The van der Waals surface area contributed by atoms with Crippen LogP contribution in [-0.2, 0) is 19.5 Å². The quantitative estimate of drug-likeness (QED) is 0.936. The van der Waals surface area contributed by atoms with Crippen LogP contribution in [0.15, 0.2) is 29.8 Å². The Morgan fingerprint density at radius 2 is 2.30 bits per heavy atom. The molecule has 2 aromatic rings. The van der Waals surface area contributed by atoms with E-state index in [9.17, 15) is 0 Å². The van der Waals surface area contributed by atoms with E-state index >= 15 is 0 Å². The standard InChI is InChI=1S/C16H19N3S/c1-2-13(1)18-10-14-9-15(3-6-17-14)19-7-4-16-12(11-19)5-8-20-16/h3,5-6,8-9,13,18H,1-2,4,7,10-11H2. The average molecular weight is 285 g/mol. The lowest BCUT2D eigenvalue weighted by atomic mass is 10.1. The molecule has 0 bridgehead atoms. The van der Waals surface area contributed by atoms with Crippen molar-refractivity contribution in [3.63, 3.8) is 0 Å². The predicted octanol–water partition coefficient (Wildman–Crippen LogP) is 2.96. The minimum atomic E-state index is 0.740. The summed E-state index contributed by atoms with van der Waals surface area (Å²) < 4.78 is 0. The fourth-order valence-electron chi connectivity index (χ4n) is 2.76. The smallest absolute Gasteiger partial charge is 0.0562 e. The van der Waals surface area contributed by atoms with Crippen molar-refractivity contribution in [2.75, 3.05) is 11.4 Å². The first-order valence-electron chi connectivity index (χ1n) is 7.37. The van der Waals surface area contributed by atoms with Gasteiger partial charge in [-0.1, -0.05) is 0 Å². The Bertz CT molecular complexity index is 603. The number of anilines is 1. The number of pyridine rings is 1. The summed E-state index contributed by atoms with van der Waals surface area (Å²) in [5.74, 6) is 0. The minimum Gasteiger partial charge on any atom is -0.367 e. The highest BCUT2D eigenvalue weighted by Gasteiger charge is 2.21. The second-order valence-electron chi connectivity index (χ2n) is 5.70. The highest BCUT2D eigenvalue weighted by Crippen LogP contribution is 2.28. The molecule has 0 aromatic carbocycles. The van der Waals surface area contributed by atoms with E-state index in [1.807, 2.05) is 17.5 Å². The van der Waals surface area contributed by atoms with Gasteiger partial charge in [-0.05, 0) is 48.4 Å². The molecule has 3 heterocycles. The first-order chi connectivity index (χ1) is 9.88. The summed E-state index contributed by atoms with van der Waals surface area (Å²) in [6.45, 7) is 3.06. The number of nitrogens with zero attached hydrogens (tertiary/aromatic N) is 2. The molecule has 20 heavy (non-hydrogen) atoms. The number of nitrogens with one attached hydrogen (secondary N) is 1. The Labute approximate surface area is 123 Å². The fourth-order valence-corrected chi connectivity index (χ4v) is 3.65. The summed E-state index contributed by atoms with van der Waals surface area (Å²) in [6.07, 6.45) is 5.77. The van der Waals surface area contributed by atoms with E-state index in [2.05, 4.69) is 38.8 Å². The van der Waals surface area contributed by atoms with Crippen molar-refractivity contribution in [2.24, 2.45) is 0 Å². The highest BCUT2D eigenvalue weighted by atomic mass is 32.1. The van der Waals surface area contributed by atoms with Gasteiger partial charge in [-0.25, -0.2) is 0 Å². The zero-order valence-electron chi connectivity index (χ0n) is 11.5. The summed E-state index contributed by atoms with van der Waals surface area (Å²) in [6, 6.07) is 7.39. The first kappa shape index (κ1) is 12.4. The van der Waals surface area contributed by atoms with Gasteiger partial charge in [-0.15, -0.1) is 11.3 Å². The Morgan fingerprint density at radius 3 is 3.20 bits per heavy atom. The van der Waals surface area contributed by atoms with E-state index in [-0.39, 0.29) is 0 Å². The van der Waals surface area contributed by atoms with Crippen LogP contribution in [0.5, 0.6) is 0 Å². The van der Waals surface area contributed by atoms with Crippen molar-refractivity contribution in [1.29, 1.82) is 0 Å². The van der Waals surface area contributed by atoms with Crippen molar-refractivity contribution in [3.05, 3.63) is 45.9 Å². The third-order valence-electron chi connectivity index (χ3n) is 4.12. The number of rotatable bonds is 4. The van der Waals surface area contributed by atoms with Crippen LogP contribution in [0.4, 0.5) is 5.69 Å². The lowest BCUT2D eigenvalue weighted by molar-refractivity contribution is 0.672. The van der Waals surface area contributed by atoms with E-state index < -0.39 is 0 Å². The summed E-state index contributed by atoms with van der Waals surface area (Å²) in [7, 11) is 0. The second kappa shape index (κ2) is 5.19. The van der Waals surface area contributed by atoms with Gasteiger partial charge in [0.1, 0.15) is 0 Å². The molecule has 0 atom stereocenters. The van der Waals surface area contributed by atoms with Crippen molar-refractivity contribution in [2.45, 2.75) is 38.4 Å². The zero-order chi connectivity index (χ0) is 13.4. The molecule has 0 saturated heterocycles. The molecule has 3 nitrogen and oxygen atoms in total. The number of aromatic nitrogens is 1. The third-order valence-corrected chi connectivity index (χ3v) is 5.15. The van der Waals surface area contributed by atoms with Gasteiger partial charge >= 0.3 is 0 Å². The van der Waals surface area contributed by atoms with Crippen LogP contribution in [0, 0.1) is 0 Å². The molecule has 4 heteroatoms. The lowest BCUT2D eigenvalue weighted by Crippen LogP contribution is -2.29. The molecule has 1 saturated carbocycles. The molecule has 0 unspecified atom stereocenters. The summed E-state index contributed by atoms with van der Waals surface area (Å²) in [5, 5.41) is 5.75. The topological polar surface area (TPSA) is 28.2 Å². The van der Waals surface area contributed by atoms with E-state index in [0.717, 1.165) is 31.4 Å². The first-order valence-corrected chi connectivity index (χ1v) is 8.25. The van der Waals surface area contributed by atoms with Crippen LogP contribution in [0.1, 0.15) is 29.0 Å². The Kier molecular flexibility index (Phi) is 3.20. The Balaban J connectivity index is 1.49. The van der Waals surface area contributed by atoms with E-state index in [0.29, 0.717) is 0 Å². The molecule has 104 valence electrons. The molecule has 0 amide bonds. The van der Waals surface area contributed by atoms with Crippen LogP contribution < -0.4 is 10.2 Å². The summed E-state index contributed by atoms with van der Waals surface area (Å²) in [4.78, 5) is 8.51. The van der Waals surface area contributed by atoms with Crippen LogP contribution in [0.3, 0.4) is 0 Å². The summed E-state index contributed by atoms with van der Waals surface area (Å²) >= 11 is 1.90. The number of thiophene rings is 1. The molecule has 1 N–H and O–H groups in total. The van der Waals surface area contributed by atoms with Crippen LogP contribution in [-0.4, -0.2) is 17.6 Å². The fraction of sp³-hybridized carbons (Fsp3) is 0.438. The van der Waals surface area contributed by atoms with Gasteiger partial charge in [0.05, 0.1) is 5.69 Å². The lowest BCUT2D eigenvalue weighted by Gasteiger charge is -2.29. The summed E-state index contributed by atoms with van der Waals surface area (Å²) in [5.41, 5.74) is 3.96. The molecule has 1 fully saturated rings. The van der Waals surface area contributed by atoms with Gasteiger partial charge < -0.3 is 10.2 Å². The van der Waals surface area contributed by atoms with E-state index in [4.69, 9.17) is 0 Å². The van der Waals surface area contributed by atoms with Crippen molar-refractivity contribution in [3.8, 4) is 0 Å². The van der Waals surface area contributed by atoms with E-state index in [1.54, 1.807) is 4.88 Å². The van der Waals surface area contributed by atoms with Gasteiger partial charge in [0.15, 0.2) is 0 Å². The van der Waals surface area contributed by atoms with Gasteiger partial charge in [0.2, 0.25) is 0 Å². The zero-order valence-corrected chi connectivity index (χ0v) is 12.3. The molecule has 0 radical (unpaired) electrons. The largest absolute Gasteiger partial charge is 0.367 e. The molecule has 4 rings (SSSR count). The van der Waals surface area contributed by atoms with Crippen LogP contribution >= 0.6 is 11.3 Å². The van der Waals surface area contributed by atoms with Crippen LogP contribution in [0.2, 0.25) is 0 Å². The molecule has 1 aliphatic carbocycles. The number of fused-ring (bicyclic) bond motifs is 1. The van der Waals surface area contributed by atoms with Gasteiger partial charge in [-0.2, -0.15) is 0 Å². The monoisotopic (exact) mass is 285 g/mol. The van der Waals surface area contributed by atoms with Gasteiger partial charge in [0.25, 0.3) is 0 Å². The maximum Gasteiger partial charge on any atom is 0.0562 e. The van der Waals surface area contributed by atoms with Crippen molar-refractivity contribution >= 4 is 17.0 Å². The SMILES string of the molecule is c1cc(N2CCc3sccc3C2)cc(CNC2CC2)n1. The molecule has 0 spiro atoms. The van der Waals surface area contributed by atoms with Crippen molar-refractivity contribution in [1.82, 2.24) is 10.3 Å². The maximum atomic E-state index is 4.48. The van der Waals surface area contributed by atoms with Gasteiger partial charge in [-0.3, -0.25) is 4.98 Å². The third kappa shape index (κ3) is 2.58. The predicted molar refractivity (Wildman–Crippen MR) is 83.2 cm³/mol. The molecular weight excluding hydrogens is 266 g/mol. The molecule has 1 aliphatic heterocycles. The number of hydrogen-bond donors (Lipinski definition) is 1. The molecular formula is C16H19N3S. The average Bonchev–Trinajstić information content (AvgIpc) is 3.20. The normalized spacial score (nSPS) is 18.1. The van der Waals surface area contributed by atoms with E-state index in [1.165, 1.54) is 30.5 Å². The Morgan fingerprint density at radius 1 is 1.35 bits per heavy atom. The van der Waals surface area contributed by atoms with Gasteiger partial charge in [0, 0.05) is 42.4 Å². The maximum absolute atomic E-state index is 4.48. The molecule has 2 aromatic heterocycles. The molecule has 2 aliphatic rings. The van der Waals surface area contributed by atoms with Crippen LogP contribution in [0.25, 0.3) is 0 Å². The second-order valence-corrected chi connectivity index (χ2v) is 6.70. The Hall–Kier alpha value is -1.39. The highest BCUT2D eigenvalue weighted by molar-refractivity contribution is 7.10. The number of hydrogen-bond acceptors (Lipinski definition) is 4.